The smallest absolute Gasteiger partial charge is 0.270 e. The van der Waals surface area contributed by atoms with Crippen molar-refractivity contribution in [2.45, 2.75) is 25.7 Å². The number of non-ortho nitro benzene ring substituents is 1. The van der Waals surface area contributed by atoms with E-state index in [1.54, 1.807) is 12.1 Å². The second kappa shape index (κ2) is 9.12. The number of hydrogen-bond acceptors (Lipinski definition) is 7. The largest absolute Gasteiger partial charge is 0.366 e. The Balaban J connectivity index is 1.73. The van der Waals surface area contributed by atoms with Crippen molar-refractivity contribution in [2.24, 2.45) is 0 Å². The molecule has 1 aromatic heterocycles. The van der Waals surface area contributed by atoms with Crippen molar-refractivity contribution in [1.82, 2.24) is 14.9 Å². The first-order valence-electron chi connectivity index (χ1n) is 9.41. The minimum atomic E-state index is -0.449. The van der Waals surface area contributed by atoms with Gasteiger partial charge < -0.3 is 15.5 Å². The monoisotopic (exact) mass is 384 g/mol. The Morgan fingerprint density at radius 1 is 1.25 bits per heavy atom. The van der Waals surface area contributed by atoms with Gasteiger partial charge in [0.25, 0.3) is 5.69 Å². The van der Waals surface area contributed by atoms with Crippen molar-refractivity contribution in [3.63, 3.8) is 0 Å². The van der Waals surface area contributed by atoms with Gasteiger partial charge in [0.1, 0.15) is 5.82 Å². The van der Waals surface area contributed by atoms with E-state index in [-0.39, 0.29) is 11.6 Å². The van der Waals surface area contributed by atoms with Gasteiger partial charge in [0.2, 0.25) is 11.9 Å². The first-order chi connectivity index (χ1) is 13.6. The summed E-state index contributed by atoms with van der Waals surface area (Å²) in [6, 6.07) is 4.46. The number of hydrogen-bond donors (Lipinski definition) is 2. The Hall–Kier alpha value is -3.23. The van der Waals surface area contributed by atoms with Gasteiger partial charge in [0.05, 0.1) is 10.4 Å². The van der Waals surface area contributed by atoms with Crippen LogP contribution >= 0.6 is 0 Å². The number of rotatable bonds is 8. The molecular weight excluding hydrogens is 360 g/mol. The molecule has 9 nitrogen and oxygen atoms in total. The molecule has 0 bridgehead atoms. The molecule has 148 valence electrons. The van der Waals surface area contributed by atoms with Crippen LogP contribution in [0.3, 0.4) is 0 Å². The summed E-state index contributed by atoms with van der Waals surface area (Å²) in [4.78, 5) is 33.6. The third-order valence-corrected chi connectivity index (χ3v) is 4.63. The number of aromatic nitrogens is 2. The van der Waals surface area contributed by atoms with Crippen LogP contribution in [0.2, 0.25) is 0 Å². The minimum Gasteiger partial charge on any atom is -0.366 e. The van der Waals surface area contributed by atoms with Gasteiger partial charge in [-0.05, 0) is 25.3 Å². The van der Waals surface area contributed by atoms with E-state index in [2.05, 4.69) is 27.2 Å². The van der Waals surface area contributed by atoms with E-state index in [1.807, 2.05) is 4.90 Å². The highest BCUT2D eigenvalue weighted by atomic mass is 16.6. The molecule has 1 aliphatic heterocycles. The topological polar surface area (TPSA) is 113 Å². The molecule has 1 aromatic carbocycles. The number of benzene rings is 1. The summed E-state index contributed by atoms with van der Waals surface area (Å²) in [7, 11) is 0. The molecule has 0 spiro atoms. The van der Waals surface area contributed by atoms with Crippen molar-refractivity contribution in [2.75, 3.05) is 36.8 Å². The lowest BCUT2D eigenvalue weighted by Gasteiger charge is -2.26. The van der Waals surface area contributed by atoms with Gasteiger partial charge in [-0.1, -0.05) is 6.08 Å². The predicted molar refractivity (Wildman–Crippen MR) is 108 cm³/mol. The standard InChI is InChI=1S/C19H24N6O3/c1-2-9-20-18-15-13-14(25(27)28)6-7-16(15)22-19(23-18)21-10-8-17(26)24-11-4-3-5-12-24/h2,6-7,13H,1,3-5,8-12H2,(H2,20,21,22,23). The average molecular weight is 384 g/mol. The molecule has 2 heterocycles. The summed E-state index contributed by atoms with van der Waals surface area (Å²) in [6.07, 6.45) is 5.37. The number of nitrogens with zero attached hydrogens (tertiary/aromatic N) is 4. The van der Waals surface area contributed by atoms with Gasteiger partial charge in [0, 0.05) is 50.1 Å². The highest BCUT2D eigenvalue weighted by Crippen LogP contribution is 2.26. The van der Waals surface area contributed by atoms with Crippen molar-refractivity contribution in [3.8, 4) is 0 Å². The van der Waals surface area contributed by atoms with Gasteiger partial charge in [0.15, 0.2) is 0 Å². The second-order valence-corrected chi connectivity index (χ2v) is 6.64. The highest BCUT2D eigenvalue weighted by Gasteiger charge is 2.16. The molecule has 1 aliphatic rings. The number of carbonyl (C=O) groups excluding carboxylic acids is 1. The van der Waals surface area contributed by atoms with E-state index < -0.39 is 4.92 Å². The van der Waals surface area contributed by atoms with Crippen LogP contribution in [0.1, 0.15) is 25.7 Å². The lowest BCUT2D eigenvalue weighted by Crippen LogP contribution is -2.36. The summed E-state index contributed by atoms with van der Waals surface area (Å²) in [5, 5.41) is 17.8. The van der Waals surface area contributed by atoms with Crippen molar-refractivity contribution in [3.05, 3.63) is 41.0 Å². The van der Waals surface area contributed by atoms with Crippen LogP contribution in [0.15, 0.2) is 30.9 Å². The van der Waals surface area contributed by atoms with E-state index in [0.717, 1.165) is 25.9 Å². The van der Waals surface area contributed by atoms with E-state index in [9.17, 15) is 14.9 Å². The maximum atomic E-state index is 12.3. The number of amides is 1. The number of nitro groups is 1. The molecule has 0 unspecified atom stereocenters. The minimum absolute atomic E-state index is 0.0226. The molecule has 2 N–H and O–H groups in total. The van der Waals surface area contributed by atoms with Crippen molar-refractivity contribution < 1.29 is 9.72 Å². The zero-order chi connectivity index (χ0) is 19.9. The molecule has 0 radical (unpaired) electrons. The van der Waals surface area contributed by atoms with Crippen molar-refractivity contribution in [1.29, 1.82) is 0 Å². The number of carbonyl (C=O) groups is 1. The number of nitrogens with one attached hydrogen (secondary N) is 2. The molecule has 2 aromatic rings. The van der Waals surface area contributed by atoms with Gasteiger partial charge in [-0.15, -0.1) is 6.58 Å². The summed E-state index contributed by atoms with van der Waals surface area (Å²) >= 11 is 0. The average Bonchev–Trinajstić information content (AvgIpc) is 2.72. The zero-order valence-electron chi connectivity index (χ0n) is 15.7. The molecule has 28 heavy (non-hydrogen) atoms. The van der Waals surface area contributed by atoms with Crippen LogP contribution in [0, 0.1) is 10.1 Å². The Morgan fingerprint density at radius 3 is 2.75 bits per heavy atom. The maximum absolute atomic E-state index is 12.3. The molecule has 3 rings (SSSR count). The van der Waals surface area contributed by atoms with Gasteiger partial charge in [-0.25, -0.2) is 4.98 Å². The van der Waals surface area contributed by atoms with Crippen LogP contribution in [0.5, 0.6) is 0 Å². The number of nitro benzene ring substituents is 1. The van der Waals surface area contributed by atoms with Gasteiger partial charge in [-0.3, -0.25) is 14.9 Å². The third kappa shape index (κ3) is 4.73. The van der Waals surface area contributed by atoms with E-state index in [4.69, 9.17) is 0 Å². The lowest BCUT2D eigenvalue weighted by atomic mass is 10.1. The number of likely N-dealkylation sites (tertiary alicyclic amines) is 1. The molecule has 1 amide bonds. The Bertz CT molecular complexity index is 879. The molecule has 1 fully saturated rings. The zero-order valence-corrected chi connectivity index (χ0v) is 15.7. The first-order valence-corrected chi connectivity index (χ1v) is 9.41. The first kappa shape index (κ1) is 19.5. The third-order valence-electron chi connectivity index (χ3n) is 4.63. The highest BCUT2D eigenvalue weighted by molar-refractivity contribution is 5.91. The predicted octanol–water partition coefficient (Wildman–Crippen LogP) is 2.95. The fourth-order valence-corrected chi connectivity index (χ4v) is 3.20. The number of fused-ring (bicyclic) bond motifs is 1. The summed E-state index contributed by atoms with van der Waals surface area (Å²) in [6.45, 7) is 6.22. The molecule has 0 aliphatic carbocycles. The summed E-state index contributed by atoms with van der Waals surface area (Å²) in [5.41, 5.74) is 0.558. The van der Waals surface area contributed by atoms with Crippen LogP contribution < -0.4 is 10.6 Å². The molecular formula is C19H24N6O3. The second-order valence-electron chi connectivity index (χ2n) is 6.64. The fourth-order valence-electron chi connectivity index (χ4n) is 3.20. The van der Waals surface area contributed by atoms with E-state index in [1.165, 1.54) is 18.6 Å². The fraction of sp³-hybridized carbons (Fsp3) is 0.421. The lowest BCUT2D eigenvalue weighted by molar-refractivity contribution is -0.384. The van der Waals surface area contributed by atoms with Crippen LogP contribution in [-0.2, 0) is 4.79 Å². The normalized spacial score (nSPS) is 13.9. The van der Waals surface area contributed by atoms with E-state index >= 15 is 0 Å². The molecule has 9 heteroatoms. The van der Waals surface area contributed by atoms with Crippen LogP contribution in [0.4, 0.5) is 17.5 Å². The SMILES string of the molecule is C=CCNc1nc(NCCC(=O)N2CCCCC2)nc2ccc([N+](=O)[O-])cc12. The molecule has 0 saturated carbocycles. The van der Waals surface area contributed by atoms with Gasteiger partial charge >= 0.3 is 0 Å². The van der Waals surface area contributed by atoms with E-state index in [0.29, 0.717) is 42.2 Å². The molecule has 0 atom stereocenters. The molecule has 1 saturated heterocycles. The summed E-state index contributed by atoms with van der Waals surface area (Å²) < 4.78 is 0. The summed E-state index contributed by atoms with van der Waals surface area (Å²) in [5.74, 6) is 0.992. The van der Waals surface area contributed by atoms with Crippen LogP contribution in [-0.4, -0.2) is 51.9 Å². The Kier molecular flexibility index (Phi) is 6.36. The number of piperidine rings is 1. The maximum Gasteiger partial charge on any atom is 0.270 e. The Labute approximate surface area is 163 Å². The van der Waals surface area contributed by atoms with Crippen LogP contribution in [0.25, 0.3) is 10.9 Å². The van der Waals surface area contributed by atoms with Crippen molar-refractivity contribution >= 4 is 34.3 Å². The Morgan fingerprint density at radius 2 is 2.04 bits per heavy atom. The quantitative estimate of drug-likeness (QED) is 0.409. The van der Waals surface area contributed by atoms with Gasteiger partial charge in [-0.2, -0.15) is 4.98 Å². The number of anilines is 2.